The summed E-state index contributed by atoms with van der Waals surface area (Å²) in [6.07, 6.45) is 2.62. The molecule has 1 aliphatic heterocycles. The van der Waals surface area contributed by atoms with Gasteiger partial charge in [-0.3, -0.25) is 0 Å². The lowest BCUT2D eigenvalue weighted by atomic mass is 10.2. The standard InChI is InChI=1S/C9H19NO3/c1-11-4-5-12-7-9-3-2-8(6-10)13-9/h8-9H,2-7,10H2,1H3. The van der Waals surface area contributed by atoms with Crippen LogP contribution in [0.5, 0.6) is 0 Å². The Morgan fingerprint density at radius 3 is 2.69 bits per heavy atom. The van der Waals surface area contributed by atoms with Gasteiger partial charge in [0.25, 0.3) is 0 Å². The molecular formula is C9H19NO3. The predicted molar refractivity (Wildman–Crippen MR) is 49.6 cm³/mol. The molecule has 0 aliphatic carbocycles. The maximum absolute atomic E-state index is 5.60. The second-order valence-corrected chi connectivity index (χ2v) is 3.26. The fraction of sp³-hybridized carbons (Fsp3) is 1.00. The molecule has 13 heavy (non-hydrogen) atoms. The van der Waals surface area contributed by atoms with Gasteiger partial charge in [0.2, 0.25) is 0 Å². The highest BCUT2D eigenvalue weighted by atomic mass is 16.6. The van der Waals surface area contributed by atoms with Gasteiger partial charge in [0.1, 0.15) is 0 Å². The average molecular weight is 189 g/mol. The number of methoxy groups -OCH3 is 1. The van der Waals surface area contributed by atoms with Crippen LogP contribution in [0.3, 0.4) is 0 Å². The number of ether oxygens (including phenoxy) is 3. The van der Waals surface area contributed by atoms with Gasteiger partial charge in [-0.15, -0.1) is 0 Å². The Labute approximate surface area is 79.3 Å². The van der Waals surface area contributed by atoms with Crippen LogP contribution in [0.2, 0.25) is 0 Å². The fourth-order valence-corrected chi connectivity index (χ4v) is 1.43. The topological polar surface area (TPSA) is 53.7 Å². The third-order valence-corrected chi connectivity index (χ3v) is 2.19. The Morgan fingerprint density at radius 2 is 2.08 bits per heavy atom. The molecule has 0 spiro atoms. The van der Waals surface area contributed by atoms with E-state index in [4.69, 9.17) is 19.9 Å². The number of rotatable bonds is 6. The number of nitrogens with two attached hydrogens (primary N) is 1. The molecule has 0 bridgehead atoms. The van der Waals surface area contributed by atoms with E-state index in [1.165, 1.54) is 0 Å². The van der Waals surface area contributed by atoms with Gasteiger partial charge in [-0.05, 0) is 12.8 Å². The van der Waals surface area contributed by atoms with Crippen molar-refractivity contribution in [3.05, 3.63) is 0 Å². The molecule has 0 radical (unpaired) electrons. The molecular weight excluding hydrogens is 170 g/mol. The quantitative estimate of drug-likeness (QED) is 0.605. The zero-order valence-electron chi connectivity index (χ0n) is 8.20. The summed E-state index contributed by atoms with van der Waals surface area (Å²) < 4.78 is 15.8. The number of hydrogen-bond donors (Lipinski definition) is 1. The molecule has 1 aliphatic rings. The Balaban J connectivity index is 1.97. The molecule has 2 N–H and O–H groups in total. The maximum Gasteiger partial charge on any atom is 0.0813 e. The predicted octanol–water partition coefficient (Wildman–Crippen LogP) is 0.156. The molecule has 2 unspecified atom stereocenters. The van der Waals surface area contributed by atoms with Gasteiger partial charge in [-0.25, -0.2) is 0 Å². The van der Waals surface area contributed by atoms with Crippen molar-refractivity contribution in [1.29, 1.82) is 0 Å². The monoisotopic (exact) mass is 189 g/mol. The summed E-state index contributed by atoms with van der Waals surface area (Å²) >= 11 is 0. The summed E-state index contributed by atoms with van der Waals surface area (Å²) in [5.41, 5.74) is 5.49. The van der Waals surface area contributed by atoms with Crippen LogP contribution in [-0.2, 0) is 14.2 Å². The minimum absolute atomic E-state index is 0.241. The third-order valence-electron chi connectivity index (χ3n) is 2.19. The molecule has 1 fully saturated rings. The SMILES string of the molecule is COCCOCC1CCC(CN)O1. The van der Waals surface area contributed by atoms with Crippen molar-refractivity contribution in [1.82, 2.24) is 0 Å². The normalized spacial score (nSPS) is 28.2. The van der Waals surface area contributed by atoms with Gasteiger partial charge >= 0.3 is 0 Å². The largest absolute Gasteiger partial charge is 0.382 e. The molecule has 2 atom stereocenters. The highest BCUT2D eigenvalue weighted by Crippen LogP contribution is 2.18. The van der Waals surface area contributed by atoms with E-state index in [0.29, 0.717) is 26.4 Å². The summed E-state index contributed by atoms with van der Waals surface area (Å²) in [4.78, 5) is 0. The van der Waals surface area contributed by atoms with E-state index in [9.17, 15) is 0 Å². The molecule has 1 heterocycles. The first kappa shape index (κ1) is 10.9. The summed E-state index contributed by atoms with van der Waals surface area (Å²) in [7, 11) is 1.67. The lowest BCUT2D eigenvalue weighted by Crippen LogP contribution is -2.23. The first-order valence-corrected chi connectivity index (χ1v) is 4.79. The zero-order valence-corrected chi connectivity index (χ0v) is 8.20. The molecule has 0 aromatic heterocycles. The van der Waals surface area contributed by atoms with Crippen LogP contribution in [0, 0.1) is 0 Å². The van der Waals surface area contributed by atoms with Crippen LogP contribution in [0.1, 0.15) is 12.8 Å². The van der Waals surface area contributed by atoms with Crippen LogP contribution in [0.4, 0.5) is 0 Å². The van der Waals surface area contributed by atoms with Gasteiger partial charge in [0.05, 0.1) is 32.0 Å². The Kier molecular flexibility index (Phi) is 5.31. The maximum atomic E-state index is 5.60. The third kappa shape index (κ3) is 4.04. The van der Waals surface area contributed by atoms with Crippen molar-refractivity contribution >= 4 is 0 Å². The first-order valence-electron chi connectivity index (χ1n) is 4.79. The van der Waals surface area contributed by atoms with Gasteiger partial charge < -0.3 is 19.9 Å². The molecule has 78 valence electrons. The Bertz CT molecular complexity index is 132. The van der Waals surface area contributed by atoms with Crippen LogP contribution < -0.4 is 5.73 Å². The average Bonchev–Trinajstić information content (AvgIpc) is 2.60. The molecule has 0 aromatic carbocycles. The van der Waals surface area contributed by atoms with E-state index >= 15 is 0 Å². The van der Waals surface area contributed by atoms with Crippen LogP contribution >= 0.6 is 0 Å². The van der Waals surface area contributed by atoms with Gasteiger partial charge in [-0.2, -0.15) is 0 Å². The molecule has 4 heteroatoms. The van der Waals surface area contributed by atoms with Crippen LogP contribution in [-0.4, -0.2) is 45.7 Å². The minimum atomic E-state index is 0.241. The molecule has 0 saturated carbocycles. The van der Waals surface area contributed by atoms with Crippen LogP contribution in [0.15, 0.2) is 0 Å². The van der Waals surface area contributed by atoms with Crippen molar-refractivity contribution in [3.63, 3.8) is 0 Å². The lowest BCUT2D eigenvalue weighted by molar-refractivity contribution is -0.0224. The van der Waals surface area contributed by atoms with E-state index in [2.05, 4.69) is 0 Å². The molecule has 4 nitrogen and oxygen atoms in total. The van der Waals surface area contributed by atoms with E-state index in [1.807, 2.05) is 0 Å². The van der Waals surface area contributed by atoms with Crippen molar-refractivity contribution in [2.45, 2.75) is 25.0 Å². The van der Waals surface area contributed by atoms with Gasteiger partial charge in [-0.1, -0.05) is 0 Å². The summed E-state index contributed by atoms with van der Waals surface area (Å²) in [6.45, 7) is 2.57. The number of hydrogen-bond acceptors (Lipinski definition) is 4. The second kappa shape index (κ2) is 6.32. The van der Waals surface area contributed by atoms with E-state index in [1.54, 1.807) is 7.11 Å². The Morgan fingerprint density at radius 1 is 1.31 bits per heavy atom. The summed E-state index contributed by atoms with van der Waals surface area (Å²) in [5.74, 6) is 0. The van der Waals surface area contributed by atoms with Crippen molar-refractivity contribution in [2.75, 3.05) is 33.5 Å². The smallest absolute Gasteiger partial charge is 0.0813 e. The molecule has 0 aromatic rings. The van der Waals surface area contributed by atoms with Crippen molar-refractivity contribution in [2.24, 2.45) is 5.73 Å². The molecule has 1 saturated heterocycles. The van der Waals surface area contributed by atoms with Crippen molar-refractivity contribution < 1.29 is 14.2 Å². The second-order valence-electron chi connectivity index (χ2n) is 3.26. The summed E-state index contributed by atoms with van der Waals surface area (Å²) in [5, 5.41) is 0. The van der Waals surface area contributed by atoms with Gasteiger partial charge in [0, 0.05) is 13.7 Å². The van der Waals surface area contributed by atoms with E-state index in [0.717, 1.165) is 12.8 Å². The highest BCUT2D eigenvalue weighted by molar-refractivity contribution is 4.73. The van der Waals surface area contributed by atoms with E-state index < -0.39 is 0 Å². The Hall–Kier alpha value is -0.160. The summed E-state index contributed by atoms with van der Waals surface area (Å²) in [6, 6.07) is 0. The molecule has 1 rings (SSSR count). The molecule has 0 amide bonds. The zero-order chi connectivity index (χ0) is 9.52. The first-order chi connectivity index (χ1) is 6.36. The fourth-order valence-electron chi connectivity index (χ4n) is 1.43. The highest BCUT2D eigenvalue weighted by Gasteiger charge is 2.23. The van der Waals surface area contributed by atoms with E-state index in [-0.39, 0.29) is 12.2 Å². The van der Waals surface area contributed by atoms with Crippen LogP contribution in [0.25, 0.3) is 0 Å². The van der Waals surface area contributed by atoms with Crippen molar-refractivity contribution in [3.8, 4) is 0 Å². The van der Waals surface area contributed by atoms with Gasteiger partial charge in [0.15, 0.2) is 0 Å². The minimum Gasteiger partial charge on any atom is -0.382 e. The lowest BCUT2D eigenvalue weighted by Gasteiger charge is -2.12.